The number of aliphatic hydroxyl groups is 1. The van der Waals surface area contributed by atoms with Gasteiger partial charge >= 0.3 is 11.9 Å². The van der Waals surface area contributed by atoms with Crippen LogP contribution >= 0.6 is 0 Å². The van der Waals surface area contributed by atoms with Crippen LogP contribution in [0.3, 0.4) is 0 Å². The third-order valence-electron chi connectivity index (χ3n) is 11.2. The number of amides is 1. The Hall–Kier alpha value is -1.63. The highest BCUT2D eigenvalue weighted by Gasteiger charge is 2.60. The van der Waals surface area contributed by atoms with Gasteiger partial charge in [-0.2, -0.15) is 0 Å². The first-order valence-electron chi connectivity index (χ1n) is 13.9. The zero-order valence-electron chi connectivity index (χ0n) is 21.7. The second-order valence-corrected chi connectivity index (χ2v) is 12.9. The van der Waals surface area contributed by atoms with Gasteiger partial charge in [0, 0.05) is 6.42 Å². The molecule has 7 nitrogen and oxygen atoms in total. The van der Waals surface area contributed by atoms with Crippen molar-refractivity contribution in [1.82, 2.24) is 5.32 Å². The highest BCUT2D eigenvalue weighted by atomic mass is 16.4. The van der Waals surface area contributed by atoms with Crippen molar-refractivity contribution in [3.63, 3.8) is 0 Å². The summed E-state index contributed by atoms with van der Waals surface area (Å²) in [7, 11) is 0. The van der Waals surface area contributed by atoms with Gasteiger partial charge in [-0.05, 0) is 111 Å². The number of hydrogen-bond acceptors (Lipinski definition) is 4. The van der Waals surface area contributed by atoms with Gasteiger partial charge in [0.1, 0.15) is 6.04 Å². The molecule has 7 heteroatoms. The normalized spacial score (nSPS) is 42.2. The van der Waals surface area contributed by atoms with Crippen LogP contribution in [0.1, 0.15) is 97.8 Å². The summed E-state index contributed by atoms with van der Waals surface area (Å²) in [4.78, 5) is 34.6. The standard InChI is InChI=1S/C28H45NO6/c1-16(4-9-24(31)29-23(26(34)35)15-25(32)33)20-7-8-21-19-6-5-17-14-18(30)10-12-27(17,2)22(19)11-13-28(20,21)3/h16-23,30H,4-15H2,1-3H3,(H,29,31)(H,32,33)(H,34,35)/t16-,17-,18-,19?,20?,21+,22?,23+,27+,28-/m1/s1. The Balaban J connectivity index is 1.36. The van der Waals surface area contributed by atoms with E-state index in [2.05, 4.69) is 26.1 Å². The molecule has 4 aliphatic rings. The van der Waals surface area contributed by atoms with Gasteiger partial charge < -0.3 is 20.6 Å². The van der Waals surface area contributed by atoms with Crippen molar-refractivity contribution >= 4 is 17.8 Å². The zero-order valence-corrected chi connectivity index (χ0v) is 21.7. The summed E-state index contributed by atoms with van der Waals surface area (Å²) in [5.74, 6) is 0.959. The number of aliphatic carboxylic acids is 2. The van der Waals surface area contributed by atoms with E-state index in [1.54, 1.807) is 0 Å². The lowest BCUT2D eigenvalue weighted by Crippen LogP contribution is -2.54. The first kappa shape index (κ1) is 26.4. The Morgan fingerprint density at radius 3 is 2.31 bits per heavy atom. The summed E-state index contributed by atoms with van der Waals surface area (Å²) in [5.41, 5.74) is 0.670. The van der Waals surface area contributed by atoms with E-state index in [4.69, 9.17) is 5.11 Å². The molecule has 4 fully saturated rings. The second kappa shape index (κ2) is 10.0. The maximum Gasteiger partial charge on any atom is 0.326 e. The van der Waals surface area contributed by atoms with Crippen LogP contribution in [0.5, 0.6) is 0 Å². The number of rotatable bonds is 8. The third kappa shape index (κ3) is 4.99. The first-order valence-corrected chi connectivity index (χ1v) is 13.9. The Morgan fingerprint density at radius 2 is 1.63 bits per heavy atom. The zero-order chi connectivity index (χ0) is 25.5. The van der Waals surface area contributed by atoms with Gasteiger partial charge in [-0.25, -0.2) is 4.79 Å². The number of carbonyl (C=O) groups excluding carboxylic acids is 1. The first-order chi connectivity index (χ1) is 16.5. The lowest BCUT2D eigenvalue weighted by Gasteiger charge is -2.61. The fraction of sp³-hybridized carbons (Fsp3) is 0.893. The van der Waals surface area contributed by atoms with Crippen LogP contribution in [-0.2, 0) is 14.4 Å². The largest absolute Gasteiger partial charge is 0.481 e. The fourth-order valence-electron chi connectivity index (χ4n) is 9.41. The molecule has 198 valence electrons. The minimum absolute atomic E-state index is 0.109. The van der Waals surface area contributed by atoms with Gasteiger partial charge in [0.15, 0.2) is 0 Å². The van der Waals surface area contributed by atoms with E-state index in [0.717, 1.165) is 37.0 Å². The molecule has 10 atom stereocenters. The van der Waals surface area contributed by atoms with Crippen molar-refractivity contribution in [2.45, 2.75) is 110 Å². The monoisotopic (exact) mass is 491 g/mol. The van der Waals surface area contributed by atoms with Gasteiger partial charge in [0.25, 0.3) is 0 Å². The van der Waals surface area contributed by atoms with E-state index in [1.165, 1.54) is 38.5 Å². The maximum absolute atomic E-state index is 12.4. The second-order valence-electron chi connectivity index (χ2n) is 12.9. The molecule has 1 amide bonds. The molecule has 0 aromatic carbocycles. The summed E-state index contributed by atoms with van der Waals surface area (Å²) >= 11 is 0. The third-order valence-corrected chi connectivity index (χ3v) is 11.2. The predicted octanol–water partition coefficient (Wildman–Crippen LogP) is 4.47. The molecule has 0 heterocycles. The van der Waals surface area contributed by atoms with Crippen LogP contribution in [0.2, 0.25) is 0 Å². The molecule has 0 aromatic heterocycles. The van der Waals surface area contributed by atoms with Gasteiger partial charge in [0.2, 0.25) is 5.91 Å². The Bertz CT molecular complexity index is 830. The van der Waals surface area contributed by atoms with E-state index in [0.29, 0.717) is 35.0 Å². The number of carbonyl (C=O) groups is 3. The van der Waals surface area contributed by atoms with Crippen LogP contribution in [0.15, 0.2) is 0 Å². The number of nitrogens with one attached hydrogen (secondary N) is 1. The molecule has 0 aliphatic heterocycles. The minimum atomic E-state index is -1.38. The lowest BCUT2D eigenvalue weighted by atomic mass is 9.44. The molecule has 0 bridgehead atoms. The molecule has 0 spiro atoms. The Morgan fingerprint density at radius 1 is 0.943 bits per heavy atom. The fourth-order valence-corrected chi connectivity index (χ4v) is 9.41. The van der Waals surface area contributed by atoms with Gasteiger partial charge in [-0.3, -0.25) is 9.59 Å². The minimum Gasteiger partial charge on any atom is -0.481 e. The average Bonchev–Trinajstić information content (AvgIpc) is 3.14. The smallest absolute Gasteiger partial charge is 0.326 e. The molecular formula is C28H45NO6. The van der Waals surface area contributed by atoms with Crippen LogP contribution in [-0.4, -0.2) is 45.3 Å². The van der Waals surface area contributed by atoms with Crippen LogP contribution in [0.25, 0.3) is 0 Å². The number of aliphatic hydroxyl groups excluding tert-OH is 1. The van der Waals surface area contributed by atoms with Crippen molar-refractivity contribution in [3.8, 4) is 0 Å². The molecular weight excluding hydrogens is 446 g/mol. The van der Waals surface area contributed by atoms with E-state index in [9.17, 15) is 24.6 Å². The number of hydrogen-bond donors (Lipinski definition) is 4. The summed E-state index contributed by atoms with van der Waals surface area (Å²) in [6.45, 7) is 7.25. The highest BCUT2D eigenvalue weighted by Crippen LogP contribution is 2.68. The van der Waals surface area contributed by atoms with Crippen molar-refractivity contribution in [2.24, 2.45) is 46.3 Å². The summed E-state index contributed by atoms with van der Waals surface area (Å²) in [5, 5.41) is 30.7. The van der Waals surface area contributed by atoms with Gasteiger partial charge in [0.05, 0.1) is 12.5 Å². The Kier molecular flexibility index (Phi) is 7.57. The maximum atomic E-state index is 12.4. The predicted molar refractivity (Wildman–Crippen MR) is 131 cm³/mol. The summed E-state index contributed by atoms with van der Waals surface area (Å²) < 4.78 is 0. The van der Waals surface area contributed by atoms with E-state index in [-0.39, 0.29) is 18.4 Å². The van der Waals surface area contributed by atoms with Crippen molar-refractivity contribution in [1.29, 1.82) is 0 Å². The topological polar surface area (TPSA) is 124 Å². The van der Waals surface area contributed by atoms with Gasteiger partial charge in [-0.1, -0.05) is 20.8 Å². The molecule has 4 N–H and O–H groups in total. The number of carboxylic acid groups (broad SMARTS) is 2. The lowest BCUT2D eigenvalue weighted by molar-refractivity contribution is -0.147. The van der Waals surface area contributed by atoms with E-state index < -0.39 is 24.4 Å². The van der Waals surface area contributed by atoms with Gasteiger partial charge in [-0.15, -0.1) is 0 Å². The van der Waals surface area contributed by atoms with Crippen molar-refractivity contribution in [2.75, 3.05) is 0 Å². The van der Waals surface area contributed by atoms with E-state index >= 15 is 0 Å². The van der Waals surface area contributed by atoms with Crippen molar-refractivity contribution < 1.29 is 29.7 Å². The van der Waals surface area contributed by atoms with Crippen LogP contribution in [0.4, 0.5) is 0 Å². The highest BCUT2D eigenvalue weighted by molar-refractivity contribution is 5.86. The molecule has 4 saturated carbocycles. The number of carboxylic acids is 2. The molecule has 0 saturated heterocycles. The molecule has 0 radical (unpaired) electrons. The molecule has 4 rings (SSSR count). The number of fused-ring (bicyclic) bond motifs is 5. The SMILES string of the molecule is C[C@H](CCC(=O)N[C@@H](CC(=O)O)C(=O)O)C1CC[C@H]2C3CC[C@@H]4C[C@H](O)CC[C@]4(C)C3CC[C@]12C. The van der Waals surface area contributed by atoms with Crippen LogP contribution in [0, 0.1) is 46.3 Å². The Labute approximate surface area is 209 Å². The molecule has 0 aromatic rings. The quantitative estimate of drug-likeness (QED) is 0.397. The van der Waals surface area contributed by atoms with Crippen molar-refractivity contribution in [3.05, 3.63) is 0 Å². The summed E-state index contributed by atoms with van der Waals surface area (Å²) in [6, 6.07) is -1.38. The summed E-state index contributed by atoms with van der Waals surface area (Å²) in [6.07, 6.45) is 10.8. The van der Waals surface area contributed by atoms with E-state index in [1.807, 2.05) is 0 Å². The molecule has 4 aliphatic carbocycles. The van der Waals surface area contributed by atoms with Crippen LogP contribution < -0.4 is 5.32 Å². The molecule has 3 unspecified atom stereocenters. The average molecular weight is 492 g/mol. The molecule has 35 heavy (non-hydrogen) atoms.